The minimum absolute atomic E-state index is 0.0612. The van der Waals surface area contributed by atoms with Gasteiger partial charge in [0.1, 0.15) is 5.76 Å². The van der Waals surface area contributed by atoms with E-state index in [0.29, 0.717) is 32.6 Å². The van der Waals surface area contributed by atoms with Crippen LogP contribution in [0.3, 0.4) is 0 Å². The van der Waals surface area contributed by atoms with Gasteiger partial charge in [-0.2, -0.15) is 0 Å². The second-order valence-electron chi connectivity index (χ2n) is 6.15. The Morgan fingerprint density at radius 3 is 2.50 bits per heavy atom. The lowest BCUT2D eigenvalue weighted by atomic mass is 10.1. The van der Waals surface area contributed by atoms with Crippen molar-refractivity contribution in [3.63, 3.8) is 0 Å². The lowest BCUT2D eigenvalue weighted by Crippen LogP contribution is -2.24. The topological polar surface area (TPSA) is 79.6 Å². The minimum Gasteiger partial charge on any atom is -0.451 e. The molecule has 1 aromatic heterocycles. The zero-order valence-corrected chi connectivity index (χ0v) is 16.0. The molecule has 8 heteroatoms. The maximum atomic E-state index is 12.5. The molecule has 1 aliphatic heterocycles. The third-order valence-electron chi connectivity index (χ3n) is 4.39. The average molecular weight is 415 g/mol. The quantitative estimate of drug-likeness (QED) is 0.628. The van der Waals surface area contributed by atoms with E-state index >= 15 is 0 Å². The normalized spacial score (nSPS) is 13.0. The van der Waals surface area contributed by atoms with Crippen molar-refractivity contribution in [2.75, 3.05) is 12.4 Å². The van der Waals surface area contributed by atoms with Crippen molar-refractivity contribution in [2.24, 2.45) is 0 Å². The van der Waals surface area contributed by atoms with Gasteiger partial charge in [0.25, 0.3) is 17.7 Å². The summed E-state index contributed by atoms with van der Waals surface area (Å²) >= 11 is 12.2. The van der Waals surface area contributed by atoms with E-state index in [2.05, 4.69) is 5.32 Å². The first kappa shape index (κ1) is 18.3. The van der Waals surface area contributed by atoms with Crippen LogP contribution >= 0.6 is 23.2 Å². The number of fused-ring (bicyclic) bond motifs is 1. The average Bonchev–Trinajstić information content (AvgIpc) is 3.25. The number of halogens is 2. The highest BCUT2D eigenvalue weighted by molar-refractivity contribution is 6.43. The Balaban J connectivity index is 1.58. The summed E-state index contributed by atoms with van der Waals surface area (Å²) in [5, 5.41) is 3.36. The summed E-state index contributed by atoms with van der Waals surface area (Å²) in [5.41, 5.74) is 1.49. The van der Waals surface area contributed by atoms with E-state index in [9.17, 15) is 14.4 Å². The van der Waals surface area contributed by atoms with Crippen LogP contribution < -0.4 is 5.32 Å². The number of carbonyl (C=O) groups is 3. The Bertz CT molecular complexity index is 1150. The van der Waals surface area contributed by atoms with Crippen molar-refractivity contribution in [3.8, 4) is 11.3 Å². The third-order valence-corrected chi connectivity index (χ3v) is 5.21. The van der Waals surface area contributed by atoms with Crippen LogP contribution in [-0.4, -0.2) is 29.7 Å². The number of anilines is 1. The molecule has 0 unspecified atom stereocenters. The molecule has 3 aromatic rings. The van der Waals surface area contributed by atoms with Gasteiger partial charge in [-0.25, -0.2) is 0 Å². The molecule has 0 radical (unpaired) electrons. The summed E-state index contributed by atoms with van der Waals surface area (Å²) in [4.78, 5) is 37.5. The van der Waals surface area contributed by atoms with E-state index in [0.717, 1.165) is 4.90 Å². The molecule has 6 nitrogen and oxygen atoms in total. The first-order valence-electron chi connectivity index (χ1n) is 8.19. The highest BCUT2D eigenvalue weighted by atomic mass is 35.5. The van der Waals surface area contributed by atoms with Crippen LogP contribution in [0.2, 0.25) is 10.0 Å². The Morgan fingerprint density at radius 1 is 0.964 bits per heavy atom. The summed E-state index contributed by atoms with van der Waals surface area (Å²) < 4.78 is 5.60. The van der Waals surface area contributed by atoms with Gasteiger partial charge in [0, 0.05) is 18.3 Å². The molecule has 2 heterocycles. The fourth-order valence-electron chi connectivity index (χ4n) is 2.93. The Kier molecular flexibility index (Phi) is 4.45. The highest BCUT2D eigenvalue weighted by Gasteiger charge is 2.32. The standard InChI is InChI=1S/C20H12Cl2N2O4/c1-24-19(26)11-6-5-10(9-13(11)20(24)27)23-18(25)16-8-7-15(28-16)12-3-2-4-14(21)17(12)22/h2-9H,1H3,(H,23,25). The lowest BCUT2D eigenvalue weighted by Gasteiger charge is -2.05. The first-order valence-corrected chi connectivity index (χ1v) is 8.94. The number of hydrogen-bond donors (Lipinski definition) is 1. The molecule has 1 aliphatic rings. The number of benzene rings is 2. The van der Waals surface area contributed by atoms with Gasteiger partial charge in [0.15, 0.2) is 5.76 Å². The maximum absolute atomic E-state index is 12.5. The molecule has 0 bridgehead atoms. The van der Waals surface area contributed by atoms with Crippen LogP contribution in [-0.2, 0) is 0 Å². The largest absolute Gasteiger partial charge is 0.451 e. The molecule has 0 atom stereocenters. The molecule has 0 saturated heterocycles. The summed E-state index contributed by atoms with van der Waals surface area (Å²) in [6.45, 7) is 0. The highest BCUT2D eigenvalue weighted by Crippen LogP contribution is 2.34. The van der Waals surface area contributed by atoms with Crippen molar-refractivity contribution in [1.82, 2.24) is 4.90 Å². The van der Waals surface area contributed by atoms with Gasteiger partial charge in [-0.1, -0.05) is 29.3 Å². The van der Waals surface area contributed by atoms with Crippen LogP contribution in [0.5, 0.6) is 0 Å². The molecule has 2 aromatic carbocycles. The zero-order chi connectivity index (χ0) is 20.0. The van der Waals surface area contributed by atoms with E-state index in [1.54, 1.807) is 30.3 Å². The summed E-state index contributed by atoms with van der Waals surface area (Å²) in [6, 6.07) is 12.8. The minimum atomic E-state index is -0.505. The molecule has 3 amide bonds. The van der Waals surface area contributed by atoms with Crippen LogP contribution in [0.25, 0.3) is 11.3 Å². The van der Waals surface area contributed by atoms with Crippen LogP contribution in [0.1, 0.15) is 31.3 Å². The van der Waals surface area contributed by atoms with Gasteiger partial charge in [0.05, 0.1) is 21.2 Å². The fourth-order valence-corrected chi connectivity index (χ4v) is 3.32. The number of nitrogens with one attached hydrogen (secondary N) is 1. The third kappa shape index (κ3) is 2.96. The summed E-state index contributed by atoms with van der Waals surface area (Å²) in [5.74, 6) is -0.825. The van der Waals surface area contributed by atoms with Crippen LogP contribution in [0.15, 0.2) is 52.9 Å². The predicted molar refractivity (Wildman–Crippen MR) is 105 cm³/mol. The molecular formula is C20H12Cl2N2O4. The number of hydrogen-bond acceptors (Lipinski definition) is 4. The van der Waals surface area contributed by atoms with Crippen LogP contribution in [0.4, 0.5) is 5.69 Å². The summed E-state index contributed by atoms with van der Waals surface area (Å²) in [7, 11) is 1.41. The van der Waals surface area contributed by atoms with Crippen molar-refractivity contribution in [3.05, 3.63) is 75.5 Å². The van der Waals surface area contributed by atoms with Gasteiger partial charge in [0.2, 0.25) is 0 Å². The summed E-state index contributed by atoms with van der Waals surface area (Å²) in [6.07, 6.45) is 0. The van der Waals surface area contributed by atoms with Gasteiger partial charge in [-0.05, 0) is 42.5 Å². The number of imide groups is 1. The molecule has 0 spiro atoms. The Hall–Kier alpha value is -3.09. The van der Waals surface area contributed by atoms with Crippen molar-refractivity contribution < 1.29 is 18.8 Å². The van der Waals surface area contributed by atoms with Gasteiger partial charge in [-0.3, -0.25) is 19.3 Å². The zero-order valence-electron chi connectivity index (χ0n) is 14.5. The number of furan rings is 1. The van der Waals surface area contributed by atoms with Crippen LogP contribution in [0, 0.1) is 0 Å². The molecule has 28 heavy (non-hydrogen) atoms. The molecule has 0 fully saturated rings. The second-order valence-corrected chi connectivity index (χ2v) is 6.93. The van der Waals surface area contributed by atoms with E-state index < -0.39 is 11.8 Å². The fraction of sp³-hybridized carbons (Fsp3) is 0.0500. The van der Waals surface area contributed by atoms with E-state index in [4.69, 9.17) is 27.6 Å². The molecule has 140 valence electrons. The molecule has 0 saturated carbocycles. The molecule has 0 aliphatic carbocycles. The Labute approximate surface area is 169 Å². The number of nitrogens with zero attached hydrogens (tertiary/aromatic N) is 1. The van der Waals surface area contributed by atoms with Crippen molar-refractivity contribution >= 4 is 46.6 Å². The van der Waals surface area contributed by atoms with Crippen molar-refractivity contribution in [2.45, 2.75) is 0 Å². The molecule has 4 rings (SSSR count). The maximum Gasteiger partial charge on any atom is 0.291 e. The first-order chi connectivity index (χ1) is 13.4. The number of amides is 3. The van der Waals surface area contributed by atoms with Gasteiger partial charge >= 0.3 is 0 Å². The van der Waals surface area contributed by atoms with E-state index in [1.165, 1.54) is 25.2 Å². The SMILES string of the molecule is CN1C(=O)c2ccc(NC(=O)c3ccc(-c4cccc(Cl)c4Cl)o3)cc2C1=O. The molecule has 1 N–H and O–H groups in total. The number of carbonyl (C=O) groups excluding carboxylic acids is 3. The number of rotatable bonds is 3. The van der Waals surface area contributed by atoms with Crippen molar-refractivity contribution in [1.29, 1.82) is 0 Å². The predicted octanol–water partition coefficient (Wildman–Crippen LogP) is 4.73. The van der Waals surface area contributed by atoms with E-state index in [-0.39, 0.29) is 17.2 Å². The van der Waals surface area contributed by atoms with Gasteiger partial charge < -0.3 is 9.73 Å². The lowest BCUT2D eigenvalue weighted by molar-refractivity contribution is 0.0692. The monoisotopic (exact) mass is 414 g/mol. The van der Waals surface area contributed by atoms with Gasteiger partial charge in [-0.15, -0.1) is 0 Å². The second kappa shape index (κ2) is 6.82. The Morgan fingerprint density at radius 2 is 1.71 bits per heavy atom. The molecular weight excluding hydrogens is 403 g/mol. The smallest absolute Gasteiger partial charge is 0.291 e. The van der Waals surface area contributed by atoms with E-state index in [1.807, 2.05) is 0 Å².